The van der Waals surface area contributed by atoms with Gasteiger partial charge in [0, 0.05) is 5.88 Å². The lowest BCUT2D eigenvalue weighted by atomic mass is 10.0. The molecule has 0 radical (unpaired) electrons. The van der Waals surface area contributed by atoms with Crippen molar-refractivity contribution in [3.05, 3.63) is 28.8 Å². The van der Waals surface area contributed by atoms with Crippen molar-refractivity contribution in [1.82, 2.24) is 0 Å². The van der Waals surface area contributed by atoms with Crippen molar-refractivity contribution >= 4 is 17.6 Å². The smallest absolute Gasteiger partial charge is 0.341 e. The number of hydrogen-bond acceptors (Lipinski definition) is 4. The fraction of sp³-hybridized carbons (Fsp3) is 0.333. The van der Waals surface area contributed by atoms with Crippen LogP contribution in [-0.4, -0.2) is 19.7 Å². The number of rotatable bonds is 4. The van der Waals surface area contributed by atoms with Crippen LogP contribution >= 0.6 is 11.6 Å². The summed E-state index contributed by atoms with van der Waals surface area (Å²) in [5.74, 6) is -0.117. The van der Waals surface area contributed by atoms with Crippen LogP contribution in [0.5, 0.6) is 5.75 Å². The molecule has 17 heavy (non-hydrogen) atoms. The number of nitrogens with zero attached hydrogens (tertiary/aromatic N) is 1. The lowest BCUT2D eigenvalue weighted by molar-refractivity contribution is 0.0522. The van der Waals surface area contributed by atoms with Gasteiger partial charge in [-0.05, 0) is 18.6 Å². The molecular formula is C12H12ClNO3. The third kappa shape index (κ3) is 2.69. The summed E-state index contributed by atoms with van der Waals surface area (Å²) >= 11 is 5.71. The molecule has 1 aromatic rings. The normalized spacial score (nSPS) is 9.53. The van der Waals surface area contributed by atoms with E-state index in [0.717, 1.165) is 0 Å². The third-order valence-electron chi connectivity index (χ3n) is 2.20. The van der Waals surface area contributed by atoms with E-state index < -0.39 is 5.97 Å². The highest BCUT2D eigenvalue weighted by atomic mass is 35.5. The predicted molar refractivity (Wildman–Crippen MR) is 63.2 cm³/mol. The van der Waals surface area contributed by atoms with Crippen LogP contribution < -0.4 is 4.74 Å². The second kappa shape index (κ2) is 6.12. The molecule has 1 aromatic carbocycles. The van der Waals surface area contributed by atoms with E-state index in [-0.39, 0.29) is 29.4 Å². The minimum Gasteiger partial charge on any atom is -0.494 e. The van der Waals surface area contributed by atoms with Crippen LogP contribution in [-0.2, 0) is 10.6 Å². The van der Waals surface area contributed by atoms with E-state index in [2.05, 4.69) is 0 Å². The molecule has 90 valence electrons. The Bertz CT molecular complexity index is 466. The number of benzene rings is 1. The van der Waals surface area contributed by atoms with Crippen LogP contribution in [0.4, 0.5) is 0 Å². The summed E-state index contributed by atoms with van der Waals surface area (Å²) in [6.45, 7) is 1.98. The summed E-state index contributed by atoms with van der Waals surface area (Å²) in [7, 11) is 1.40. The Morgan fingerprint density at radius 1 is 1.53 bits per heavy atom. The van der Waals surface area contributed by atoms with E-state index in [1.165, 1.54) is 7.11 Å². The van der Waals surface area contributed by atoms with Gasteiger partial charge >= 0.3 is 5.97 Å². The van der Waals surface area contributed by atoms with Gasteiger partial charge in [-0.25, -0.2) is 4.79 Å². The molecule has 0 aliphatic carbocycles. The Morgan fingerprint density at radius 2 is 2.24 bits per heavy atom. The van der Waals surface area contributed by atoms with Gasteiger partial charge in [-0.1, -0.05) is 6.07 Å². The predicted octanol–water partition coefficient (Wildman–Crippen LogP) is 2.48. The number of halogens is 1. The van der Waals surface area contributed by atoms with Gasteiger partial charge in [-0.15, -0.1) is 11.6 Å². The van der Waals surface area contributed by atoms with E-state index in [1.54, 1.807) is 19.1 Å². The quantitative estimate of drug-likeness (QED) is 0.611. The average molecular weight is 254 g/mol. The zero-order valence-electron chi connectivity index (χ0n) is 9.62. The van der Waals surface area contributed by atoms with Crippen LogP contribution in [0, 0.1) is 11.3 Å². The number of alkyl halides is 1. The van der Waals surface area contributed by atoms with Crippen molar-refractivity contribution in [2.45, 2.75) is 12.8 Å². The van der Waals surface area contributed by atoms with Crippen LogP contribution in [0.2, 0.25) is 0 Å². The van der Waals surface area contributed by atoms with Crippen LogP contribution in [0.15, 0.2) is 12.1 Å². The van der Waals surface area contributed by atoms with Crippen molar-refractivity contribution in [2.75, 3.05) is 13.7 Å². The van der Waals surface area contributed by atoms with Gasteiger partial charge in [0.15, 0.2) is 5.75 Å². The number of nitriles is 1. The number of ether oxygens (including phenoxy) is 2. The number of methoxy groups -OCH3 is 1. The molecule has 0 saturated carbocycles. The monoisotopic (exact) mass is 253 g/mol. The van der Waals surface area contributed by atoms with Crippen molar-refractivity contribution < 1.29 is 14.3 Å². The van der Waals surface area contributed by atoms with Gasteiger partial charge in [0.25, 0.3) is 0 Å². The first kappa shape index (κ1) is 13.3. The van der Waals surface area contributed by atoms with E-state index >= 15 is 0 Å². The molecule has 0 saturated heterocycles. The molecular weight excluding hydrogens is 242 g/mol. The lowest BCUT2D eigenvalue weighted by Crippen LogP contribution is -2.08. The van der Waals surface area contributed by atoms with Gasteiger partial charge in [0.05, 0.1) is 19.3 Å². The largest absolute Gasteiger partial charge is 0.494 e. The summed E-state index contributed by atoms with van der Waals surface area (Å²) in [5, 5.41) is 9.06. The fourth-order valence-electron chi connectivity index (χ4n) is 1.44. The maximum absolute atomic E-state index is 11.6. The topological polar surface area (TPSA) is 59.3 Å². The van der Waals surface area contributed by atoms with Gasteiger partial charge in [0.1, 0.15) is 11.6 Å². The maximum Gasteiger partial charge on any atom is 0.341 e. The Hall–Kier alpha value is -1.73. The second-order valence-corrected chi connectivity index (χ2v) is 3.41. The number of carbonyl (C=O) groups is 1. The third-order valence-corrected chi connectivity index (χ3v) is 2.49. The highest BCUT2D eigenvalue weighted by molar-refractivity contribution is 6.17. The van der Waals surface area contributed by atoms with Crippen molar-refractivity contribution in [3.63, 3.8) is 0 Å². The zero-order chi connectivity index (χ0) is 12.8. The Morgan fingerprint density at radius 3 is 2.71 bits per heavy atom. The summed E-state index contributed by atoms with van der Waals surface area (Å²) in [4.78, 5) is 11.6. The van der Waals surface area contributed by atoms with Gasteiger partial charge in [-0.2, -0.15) is 5.26 Å². The number of carbonyl (C=O) groups excluding carboxylic acids is 1. The minimum atomic E-state index is -0.512. The first-order valence-corrected chi connectivity index (χ1v) is 5.56. The van der Waals surface area contributed by atoms with Crippen LogP contribution in [0.1, 0.15) is 28.4 Å². The molecule has 0 aliphatic heterocycles. The molecule has 4 nitrogen and oxygen atoms in total. The fourth-order valence-corrected chi connectivity index (χ4v) is 1.66. The molecule has 0 amide bonds. The molecule has 0 atom stereocenters. The van der Waals surface area contributed by atoms with E-state index in [4.69, 9.17) is 26.3 Å². The molecule has 0 heterocycles. The molecule has 0 aliphatic rings. The maximum atomic E-state index is 11.6. The summed E-state index contributed by atoms with van der Waals surface area (Å²) in [6, 6.07) is 5.16. The Balaban J connectivity index is 3.34. The molecule has 0 aromatic heterocycles. The zero-order valence-corrected chi connectivity index (χ0v) is 10.4. The van der Waals surface area contributed by atoms with E-state index in [0.29, 0.717) is 5.56 Å². The SMILES string of the molecule is CCOC(=O)c1ccc(CCl)c(C#N)c1OC. The van der Waals surface area contributed by atoms with Crippen LogP contribution in [0.25, 0.3) is 0 Å². The Labute approximate surface area is 105 Å². The van der Waals surface area contributed by atoms with Gasteiger partial charge in [0.2, 0.25) is 0 Å². The lowest BCUT2D eigenvalue weighted by Gasteiger charge is -2.11. The molecule has 1 rings (SSSR count). The first-order chi connectivity index (χ1) is 8.19. The molecule has 0 unspecified atom stereocenters. The van der Waals surface area contributed by atoms with Crippen molar-refractivity contribution in [3.8, 4) is 11.8 Å². The molecule has 0 N–H and O–H groups in total. The standard InChI is InChI=1S/C12H12ClNO3/c1-3-17-12(15)9-5-4-8(6-13)10(7-14)11(9)16-2/h4-5H,3,6H2,1-2H3. The van der Waals surface area contributed by atoms with Crippen LogP contribution in [0.3, 0.4) is 0 Å². The molecule has 0 bridgehead atoms. The molecule has 0 spiro atoms. The average Bonchev–Trinajstić information content (AvgIpc) is 2.36. The van der Waals surface area contributed by atoms with E-state index in [9.17, 15) is 4.79 Å². The second-order valence-electron chi connectivity index (χ2n) is 3.15. The van der Waals surface area contributed by atoms with Gasteiger partial charge in [-0.3, -0.25) is 0 Å². The summed E-state index contributed by atoms with van der Waals surface area (Å²) < 4.78 is 9.98. The molecule has 5 heteroatoms. The summed E-state index contributed by atoms with van der Waals surface area (Å²) in [5.41, 5.74) is 1.13. The minimum absolute atomic E-state index is 0.183. The van der Waals surface area contributed by atoms with Crippen molar-refractivity contribution in [1.29, 1.82) is 5.26 Å². The summed E-state index contributed by atoms with van der Waals surface area (Å²) in [6.07, 6.45) is 0. The number of esters is 1. The highest BCUT2D eigenvalue weighted by Crippen LogP contribution is 2.28. The first-order valence-electron chi connectivity index (χ1n) is 5.02. The Kier molecular flexibility index (Phi) is 4.80. The molecule has 0 fully saturated rings. The van der Waals surface area contributed by atoms with Gasteiger partial charge < -0.3 is 9.47 Å². The van der Waals surface area contributed by atoms with E-state index in [1.807, 2.05) is 6.07 Å². The van der Waals surface area contributed by atoms with Crippen molar-refractivity contribution in [2.24, 2.45) is 0 Å². The highest BCUT2D eigenvalue weighted by Gasteiger charge is 2.19. The number of hydrogen-bond donors (Lipinski definition) is 0.